The lowest BCUT2D eigenvalue weighted by Gasteiger charge is -2.02. The molecule has 0 saturated heterocycles. The summed E-state index contributed by atoms with van der Waals surface area (Å²) in [5, 5.41) is 0.677. The Bertz CT molecular complexity index is 630. The molecular weight excluding hydrogens is 288 g/mol. The molecule has 88 valence electrons. The summed E-state index contributed by atoms with van der Waals surface area (Å²) in [6, 6.07) is 6.71. The highest BCUT2D eigenvalue weighted by molar-refractivity contribution is 9.10. The number of hydrogen-bond acceptors (Lipinski definition) is 4. The Kier molecular flexibility index (Phi) is 3.28. The number of rotatable bonds is 2. The van der Waals surface area contributed by atoms with E-state index in [1.54, 1.807) is 25.1 Å². The van der Waals surface area contributed by atoms with E-state index in [1.807, 2.05) is 0 Å². The zero-order valence-corrected chi connectivity index (χ0v) is 10.6. The third-order valence-electron chi connectivity index (χ3n) is 2.19. The molecule has 2 aromatic rings. The van der Waals surface area contributed by atoms with E-state index < -0.39 is 11.6 Å². The Morgan fingerprint density at radius 3 is 2.88 bits per heavy atom. The molecule has 1 heterocycles. The van der Waals surface area contributed by atoms with Gasteiger partial charge >= 0.3 is 11.6 Å². The zero-order valence-electron chi connectivity index (χ0n) is 9.03. The molecule has 0 saturated carbocycles. The Labute approximate surface area is 105 Å². The van der Waals surface area contributed by atoms with E-state index in [-0.39, 0.29) is 12.2 Å². The molecule has 0 spiro atoms. The largest absolute Gasteiger partial charge is 0.462 e. The van der Waals surface area contributed by atoms with Crippen molar-refractivity contribution >= 4 is 32.9 Å². The maximum atomic E-state index is 11.6. The second-order valence-corrected chi connectivity index (χ2v) is 4.27. The first-order valence-corrected chi connectivity index (χ1v) is 5.81. The minimum absolute atomic E-state index is 0.0818. The smallest absolute Gasteiger partial charge is 0.351 e. The molecule has 0 aliphatic carbocycles. The molecule has 0 aliphatic rings. The van der Waals surface area contributed by atoms with Crippen LogP contribution in [0.3, 0.4) is 0 Å². The van der Waals surface area contributed by atoms with Crippen LogP contribution >= 0.6 is 15.9 Å². The summed E-state index contributed by atoms with van der Waals surface area (Å²) in [5.74, 6) is -0.661. The van der Waals surface area contributed by atoms with Gasteiger partial charge in [0, 0.05) is 9.86 Å². The summed E-state index contributed by atoms with van der Waals surface area (Å²) in [6.45, 7) is 1.90. The Balaban J connectivity index is 2.60. The van der Waals surface area contributed by atoms with E-state index in [1.165, 1.54) is 6.07 Å². The monoisotopic (exact) mass is 296 g/mol. The molecule has 0 fully saturated rings. The third kappa shape index (κ3) is 2.39. The van der Waals surface area contributed by atoms with Gasteiger partial charge in [-0.3, -0.25) is 0 Å². The summed E-state index contributed by atoms with van der Waals surface area (Å²) in [5.41, 5.74) is -0.340. The Hall–Kier alpha value is -1.62. The van der Waals surface area contributed by atoms with Gasteiger partial charge in [0.05, 0.1) is 6.61 Å². The number of benzene rings is 1. The van der Waals surface area contributed by atoms with Crippen molar-refractivity contribution < 1.29 is 13.9 Å². The van der Waals surface area contributed by atoms with Crippen molar-refractivity contribution in [3.8, 4) is 0 Å². The van der Waals surface area contributed by atoms with Crippen LogP contribution in [-0.4, -0.2) is 12.6 Å². The molecule has 0 unspecified atom stereocenters. The van der Waals surface area contributed by atoms with E-state index >= 15 is 0 Å². The van der Waals surface area contributed by atoms with Gasteiger partial charge in [-0.15, -0.1) is 0 Å². The average molecular weight is 297 g/mol. The predicted octanol–water partition coefficient (Wildman–Crippen LogP) is 2.73. The van der Waals surface area contributed by atoms with Crippen LogP contribution in [0.5, 0.6) is 0 Å². The van der Waals surface area contributed by atoms with Gasteiger partial charge in [-0.05, 0) is 25.1 Å². The minimum atomic E-state index is -0.686. The lowest BCUT2D eigenvalue weighted by molar-refractivity contribution is 0.0522. The number of esters is 1. The second-order valence-electron chi connectivity index (χ2n) is 3.35. The summed E-state index contributed by atoms with van der Waals surface area (Å²) in [4.78, 5) is 23.1. The van der Waals surface area contributed by atoms with Gasteiger partial charge in [-0.2, -0.15) is 0 Å². The molecule has 0 aliphatic heterocycles. The molecule has 0 atom stereocenters. The molecule has 1 aromatic carbocycles. The van der Waals surface area contributed by atoms with Gasteiger partial charge < -0.3 is 9.15 Å². The van der Waals surface area contributed by atoms with Gasteiger partial charge in [0.2, 0.25) is 0 Å². The lowest BCUT2D eigenvalue weighted by atomic mass is 10.2. The van der Waals surface area contributed by atoms with Crippen molar-refractivity contribution in [1.29, 1.82) is 0 Å². The highest BCUT2D eigenvalue weighted by Crippen LogP contribution is 2.19. The number of hydrogen-bond donors (Lipinski definition) is 0. The fourth-order valence-electron chi connectivity index (χ4n) is 1.44. The van der Waals surface area contributed by atoms with E-state index in [0.29, 0.717) is 11.0 Å². The van der Waals surface area contributed by atoms with Crippen LogP contribution in [0, 0.1) is 0 Å². The minimum Gasteiger partial charge on any atom is -0.462 e. The van der Waals surface area contributed by atoms with Crippen molar-refractivity contribution in [2.75, 3.05) is 6.61 Å². The molecule has 0 amide bonds. The Morgan fingerprint density at radius 2 is 2.18 bits per heavy atom. The van der Waals surface area contributed by atoms with Crippen LogP contribution in [0.2, 0.25) is 0 Å². The molecular formula is C12H9BrO4. The van der Waals surface area contributed by atoms with Gasteiger partial charge in [0.15, 0.2) is 0 Å². The molecule has 5 heteroatoms. The predicted molar refractivity (Wildman–Crippen MR) is 66.1 cm³/mol. The van der Waals surface area contributed by atoms with Gasteiger partial charge in [-0.25, -0.2) is 9.59 Å². The molecule has 4 nitrogen and oxygen atoms in total. The summed E-state index contributed by atoms with van der Waals surface area (Å²) < 4.78 is 10.6. The standard InChI is InChI=1S/C12H9BrO4/c1-2-16-11(14)9-5-7-3-4-8(13)6-10(7)17-12(9)15/h3-6H,2H2,1H3. The van der Waals surface area contributed by atoms with Crippen molar-refractivity contribution in [3.63, 3.8) is 0 Å². The first-order valence-electron chi connectivity index (χ1n) is 5.02. The van der Waals surface area contributed by atoms with Crippen LogP contribution in [0.15, 0.2) is 37.9 Å². The maximum absolute atomic E-state index is 11.6. The molecule has 1 aromatic heterocycles. The maximum Gasteiger partial charge on any atom is 0.351 e. The number of carbonyl (C=O) groups excluding carboxylic acids is 1. The second kappa shape index (κ2) is 4.71. The fourth-order valence-corrected chi connectivity index (χ4v) is 1.78. The zero-order chi connectivity index (χ0) is 12.4. The molecule has 0 N–H and O–H groups in total. The summed E-state index contributed by atoms with van der Waals surface area (Å²) in [7, 11) is 0. The van der Waals surface area contributed by atoms with Crippen LogP contribution in [0.25, 0.3) is 11.0 Å². The lowest BCUT2D eigenvalue weighted by Crippen LogP contribution is -2.16. The van der Waals surface area contributed by atoms with Crippen LogP contribution in [0.4, 0.5) is 0 Å². The number of fused-ring (bicyclic) bond motifs is 1. The van der Waals surface area contributed by atoms with Crippen molar-refractivity contribution in [3.05, 3.63) is 44.7 Å². The molecule has 2 rings (SSSR count). The van der Waals surface area contributed by atoms with E-state index in [4.69, 9.17) is 9.15 Å². The fraction of sp³-hybridized carbons (Fsp3) is 0.167. The van der Waals surface area contributed by atoms with Crippen molar-refractivity contribution in [2.24, 2.45) is 0 Å². The van der Waals surface area contributed by atoms with Gasteiger partial charge in [0.25, 0.3) is 0 Å². The number of carbonyl (C=O) groups is 1. The quantitative estimate of drug-likeness (QED) is 0.631. The SMILES string of the molecule is CCOC(=O)c1cc2ccc(Br)cc2oc1=O. The van der Waals surface area contributed by atoms with Gasteiger partial charge in [-0.1, -0.05) is 22.0 Å². The average Bonchev–Trinajstić information content (AvgIpc) is 2.28. The normalized spacial score (nSPS) is 10.5. The van der Waals surface area contributed by atoms with E-state index in [9.17, 15) is 9.59 Å². The molecule has 17 heavy (non-hydrogen) atoms. The van der Waals surface area contributed by atoms with Crippen molar-refractivity contribution in [2.45, 2.75) is 6.92 Å². The number of ether oxygens (including phenoxy) is 1. The van der Waals surface area contributed by atoms with Crippen LogP contribution in [0.1, 0.15) is 17.3 Å². The first-order chi connectivity index (χ1) is 8.11. The first kappa shape index (κ1) is 11.9. The van der Waals surface area contributed by atoms with Crippen molar-refractivity contribution in [1.82, 2.24) is 0 Å². The third-order valence-corrected chi connectivity index (χ3v) is 2.69. The highest BCUT2D eigenvalue weighted by Gasteiger charge is 2.14. The van der Waals surface area contributed by atoms with Gasteiger partial charge in [0.1, 0.15) is 11.1 Å². The van der Waals surface area contributed by atoms with Crippen LogP contribution in [-0.2, 0) is 4.74 Å². The molecule has 0 bridgehead atoms. The highest BCUT2D eigenvalue weighted by atomic mass is 79.9. The van der Waals surface area contributed by atoms with Crippen LogP contribution < -0.4 is 5.63 Å². The Morgan fingerprint density at radius 1 is 1.41 bits per heavy atom. The van der Waals surface area contributed by atoms with E-state index in [0.717, 1.165) is 4.47 Å². The van der Waals surface area contributed by atoms with E-state index in [2.05, 4.69) is 15.9 Å². The molecule has 0 radical (unpaired) electrons. The number of halogens is 1. The summed E-state index contributed by atoms with van der Waals surface area (Å²) >= 11 is 3.28. The topological polar surface area (TPSA) is 56.5 Å². The summed E-state index contributed by atoms with van der Waals surface area (Å²) in [6.07, 6.45) is 0.